The molecule has 2 nitrogen and oxygen atoms in total. The van der Waals surface area contributed by atoms with E-state index in [1.165, 1.54) is 13.0 Å². The Bertz CT molecular complexity index is 132. The number of hydrogen-bond donors (Lipinski definition) is 1. The van der Waals surface area contributed by atoms with Crippen LogP contribution in [0.4, 0.5) is 0 Å². The molecule has 0 aromatic rings. The molecule has 14 heavy (non-hydrogen) atoms. The molecule has 0 saturated heterocycles. The summed E-state index contributed by atoms with van der Waals surface area (Å²) in [5.41, 5.74) is 0. The monoisotopic (exact) mass is 200 g/mol. The van der Waals surface area contributed by atoms with Crippen LogP contribution in [-0.2, 0) is 0 Å². The molecule has 0 aromatic heterocycles. The predicted molar refractivity (Wildman–Crippen MR) is 64.6 cm³/mol. The van der Waals surface area contributed by atoms with Crippen LogP contribution < -0.4 is 5.32 Å². The maximum atomic E-state index is 3.28. The fraction of sp³-hybridized carbons (Fsp3) is 1.00. The van der Waals surface area contributed by atoms with Gasteiger partial charge in [-0.05, 0) is 38.9 Å². The van der Waals surface area contributed by atoms with Gasteiger partial charge in [-0.2, -0.15) is 0 Å². The minimum absolute atomic E-state index is 0.666. The number of hydrogen-bond acceptors (Lipinski definition) is 2. The first-order chi connectivity index (χ1) is 6.49. The zero-order valence-corrected chi connectivity index (χ0v) is 10.8. The van der Waals surface area contributed by atoms with Gasteiger partial charge in [-0.1, -0.05) is 27.7 Å². The standard InChI is InChI=1S/C12H28N2/c1-10(2)7-8-14(6)12(9-13-5)11(3)4/h10-13H,7-9H2,1-6H3. The lowest BCUT2D eigenvalue weighted by atomic mass is 10.0. The second kappa shape index (κ2) is 7.24. The number of nitrogens with one attached hydrogen (secondary N) is 1. The third kappa shape index (κ3) is 5.61. The molecule has 0 heterocycles. The molecule has 2 heteroatoms. The molecule has 0 aromatic carbocycles. The number of nitrogens with zero attached hydrogens (tertiary/aromatic N) is 1. The SMILES string of the molecule is CNCC(C(C)C)N(C)CCC(C)C. The molecule has 0 aliphatic rings. The van der Waals surface area contributed by atoms with Gasteiger partial charge in [-0.25, -0.2) is 0 Å². The van der Waals surface area contributed by atoms with Gasteiger partial charge in [0.15, 0.2) is 0 Å². The highest BCUT2D eigenvalue weighted by Crippen LogP contribution is 2.10. The Morgan fingerprint density at radius 2 is 1.71 bits per heavy atom. The Morgan fingerprint density at radius 1 is 1.14 bits per heavy atom. The summed E-state index contributed by atoms with van der Waals surface area (Å²) in [6, 6.07) is 0.666. The summed E-state index contributed by atoms with van der Waals surface area (Å²) in [6.45, 7) is 11.5. The number of likely N-dealkylation sites (N-methyl/N-ethyl adjacent to an activating group) is 2. The summed E-state index contributed by atoms with van der Waals surface area (Å²) in [7, 11) is 4.27. The highest BCUT2D eigenvalue weighted by atomic mass is 15.1. The lowest BCUT2D eigenvalue weighted by Gasteiger charge is -2.31. The Kier molecular flexibility index (Phi) is 7.20. The van der Waals surface area contributed by atoms with Crippen molar-refractivity contribution in [1.29, 1.82) is 0 Å². The summed E-state index contributed by atoms with van der Waals surface area (Å²) in [6.07, 6.45) is 1.30. The van der Waals surface area contributed by atoms with Crippen molar-refractivity contribution < 1.29 is 0 Å². The lowest BCUT2D eigenvalue weighted by Crippen LogP contribution is -2.43. The van der Waals surface area contributed by atoms with Crippen LogP contribution in [0.5, 0.6) is 0 Å². The Morgan fingerprint density at radius 3 is 2.07 bits per heavy atom. The quantitative estimate of drug-likeness (QED) is 0.678. The van der Waals surface area contributed by atoms with Crippen molar-refractivity contribution in [3.8, 4) is 0 Å². The molecule has 0 saturated carbocycles. The topological polar surface area (TPSA) is 15.3 Å². The van der Waals surface area contributed by atoms with Crippen molar-refractivity contribution in [2.75, 3.05) is 27.2 Å². The normalized spacial score (nSPS) is 14.4. The third-order valence-electron chi connectivity index (χ3n) is 2.81. The average Bonchev–Trinajstić information content (AvgIpc) is 2.09. The molecule has 86 valence electrons. The summed E-state index contributed by atoms with van der Waals surface area (Å²) in [5.74, 6) is 1.53. The van der Waals surface area contributed by atoms with Gasteiger partial charge in [0, 0.05) is 12.6 Å². The molecule has 1 N–H and O–H groups in total. The van der Waals surface area contributed by atoms with Gasteiger partial charge in [0.25, 0.3) is 0 Å². The van der Waals surface area contributed by atoms with Crippen LogP contribution in [0.1, 0.15) is 34.1 Å². The fourth-order valence-corrected chi connectivity index (χ4v) is 1.74. The van der Waals surface area contributed by atoms with E-state index in [1.807, 2.05) is 7.05 Å². The Labute approximate surface area is 90.1 Å². The molecule has 0 aliphatic heterocycles. The van der Waals surface area contributed by atoms with Crippen molar-refractivity contribution in [2.24, 2.45) is 11.8 Å². The maximum absolute atomic E-state index is 3.28. The molecular weight excluding hydrogens is 172 g/mol. The number of rotatable bonds is 7. The molecule has 0 spiro atoms. The molecular formula is C12H28N2. The van der Waals surface area contributed by atoms with Crippen molar-refractivity contribution in [2.45, 2.75) is 40.2 Å². The van der Waals surface area contributed by atoms with Crippen LogP contribution in [0.25, 0.3) is 0 Å². The Balaban J connectivity index is 3.94. The van der Waals surface area contributed by atoms with Gasteiger partial charge in [-0.15, -0.1) is 0 Å². The van der Waals surface area contributed by atoms with Crippen molar-refractivity contribution >= 4 is 0 Å². The fourth-order valence-electron chi connectivity index (χ4n) is 1.74. The van der Waals surface area contributed by atoms with E-state index in [4.69, 9.17) is 0 Å². The Hall–Kier alpha value is -0.0800. The van der Waals surface area contributed by atoms with Crippen LogP contribution >= 0.6 is 0 Å². The predicted octanol–water partition coefficient (Wildman–Crippen LogP) is 2.21. The van der Waals surface area contributed by atoms with E-state index in [1.54, 1.807) is 0 Å². The molecule has 0 aliphatic carbocycles. The molecule has 0 rings (SSSR count). The molecule has 0 bridgehead atoms. The molecule has 1 unspecified atom stereocenters. The first-order valence-electron chi connectivity index (χ1n) is 5.83. The minimum Gasteiger partial charge on any atom is -0.318 e. The molecule has 0 radical (unpaired) electrons. The summed E-state index contributed by atoms with van der Waals surface area (Å²) in [5, 5.41) is 3.28. The van der Waals surface area contributed by atoms with Crippen LogP contribution in [-0.4, -0.2) is 38.1 Å². The first-order valence-corrected chi connectivity index (χ1v) is 5.83. The van der Waals surface area contributed by atoms with Gasteiger partial charge in [0.05, 0.1) is 0 Å². The summed E-state index contributed by atoms with van der Waals surface area (Å²) < 4.78 is 0. The zero-order valence-electron chi connectivity index (χ0n) is 10.8. The lowest BCUT2D eigenvalue weighted by molar-refractivity contribution is 0.181. The van der Waals surface area contributed by atoms with Gasteiger partial charge in [-0.3, -0.25) is 0 Å². The van der Waals surface area contributed by atoms with E-state index in [0.29, 0.717) is 6.04 Å². The van der Waals surface area contributed by atoms with Gasteiger partial charge in [0.1, 0.15) is 0 Å². The van der Waals surface area contributed by atoms with Gasteiger partial charge in [0.2, 0.25) is 0 Å². The van der Waals surface area contributed by atoms with E-state index >= 15 is 0 Å². The second-order valence-corrected chi connectivity index (χ2v) is 5.03. The van der Waals surface area contributed by atoms with E-state index in [2.05, 4.69) is 45.0 Å². The van der Waals surface area contributed by atoms with Crippen LogP contribution in [0.3, 0.4) is 0 Å². The summed E-state index contributed by atoms with van der Waals surface area (Å²) in [4.78, 5) is 2.49. The van der Waals surface area contributed by atoms with E-state index < -0.39 is 0 Å². The van der Waals surface area contributed by atoms with E-state index in [-0.39, 0.29) is 0 Å². The third-order valence-corrected chi connectivity index (χ3v) is 2.81. The largest absolute Gasteiger partial charge is 0.318 e. The van der Waals surface area contributed by atoms with Crippen LogP contribution in [0.15, 0.2) is 0 Å². The molecule has 1 atom stereocenters. The maximum Gasteiger partial charge on any atom is 0.0240 e. The van der Waals surface area contributed by atoms with Gasteiger partial charge >= 0.3 is 0 Å². The molecule has 0 fully saturated rings. The van der Waals surface area contributed by atoms with Crippen molar-refractivity contribution in [3.63, 3.8) is 0 Å². The van der Waals surface area contributed by atoms with Crippen molar-refractivity contribution in [3.05, 3.63) is 0 Å². The van der Waals surface area contributed by atoms with Crippen LogP contribution in [0.2, 0.25) is 0 Å². The van der Waals surface area contributed by atoms with Crippen LogP contribution in [0, 0.1) is 11.8 Å². The molecule has 0 amide bonds. The summed E-state index contributed by atoms with van der Waals surface area (Å²) >= 11 is 0. The smallest absolute Gasteiger partial charge is 0.0240 e. The average molecular weight is 200 g/mol. The van der Waals surface area contributed by atoms with Crippen molar-refractivity contribution in [1.82, 2.24) is 10.2 Å². The van der Waals surface area contributed by atoms with Gasteiger partial charge < -0.3 is 10.2 Å². The van der Waals surface area contributed by atoms with E-state index in [0.717, 1.165) is 18.4 Å². The zero-order chi connectivity index (χ0) is 11.1. The minimum atomic E-state index is 0.666. The second-order valence-electron chi connectivity index (χ2n) is 5.03. The highest BCUT2D eigenvalue weighted by Gasteiger charge is 2.17. The first kappa shape index (κ1) is 13.9. The highest BCUT2D eigenvalue weighted by molar-refractivity contribution is 4.74. The van der Waals surface area contributed by atoms with E-state index in [9.17, 15) is 0 Å².